The standard InChI is InChI=1S/C16H15NO2/c1-10-5-12(17-9-10)7-15-14-8-13(19-2)4-3-11(14)6-16(15)18/h3-4,7-9H,5-6H2,1-2H3/b15-7-. The van der Waals surface area contributed by atoms with E-state index in [4.69, 9.17) is 4.74 Å². The molecule has 0 amide bonds. The van der Waals surface area contributed by atoms with Gasteiger partial charge in [0.2, 0.25) is 0 Å². The molecule has 19 heavy (non-hydrogen) atoms. The number of hydrogen-bond acceptors (Lipinski definition) is 3. The van der Waals surface area contributed by atoms with Crippen LogP contribution in [0.25, 0.3) is 5.57 Å². The summed E-state index contributed by atoms with van der Waals surface area (Å²) in [5, 5.41) is 0. The molecule has 0 atom stereocenters. The van der Waals surface area contributed by atoms with Gasteiger partial charge in [0.05, 0.1) is 7.11 Å². The lowest BCUT2D eigenvalue weighted by atomic mass is 10.0. The Hall–Kier alpha value is -2.16. The summed E-state index contributed by atoms with van der Waals surface area (Å²) in [6, 6.07) is 5.79. The Balaban J connectivity index is 2.00. The van der Waals surface area contributed by atoms with E-state index in [1.165, 1.54) is 5.57 Å². The molecule has 0 aromatic heterocycles. The van der Waals surface area contributed by atoms with Gasteiger partial charge in [-0.25, -0.2) is 0 Å². The second kappa shape index (κ2) is 4.50. The second-order valence-corrected chi connectivity index (χ2v) is 4.95. The third-order valence-corrected chi connectivity index (χ3v) is 3.48. The number of carbonyl (C=O) groups excluding carboxylic acids is 1. The Bertz CT molecular complexity index is 651. The van der Waals surface area contributed by atoms with Crippen molar-refractivity contribution in [1.82, 2.24) is 0 Å². The summed E-state index contributed by atoms with van der Waals surface area (Å²) in [5.41, 5.74) is 4.99. The zero-order valence-corrected chi connectivity index (χ0v) is 11.1. The number of aliphatic imine (C=N–C) groups is 1. The van der Waals surface area contributed by atoms with Crippen LogP contribution in [0.2, 0.25) is 0 Å². The lowest BCUT2D eigenvalue weighted by Gasteiger charge is -2.04. The predicted molar refractivity (Wildman–Crippen MR) is 75.5 cm³/mol. The Kier molecular flexibility index (Phi) is 2.82. The molecule has 0 saturated heterocycles. The summed E-state index contributed by atoms with van der Waals surface area (Å²) in [5.74, 6) is 0.942. The van der Waals surface area contributed by atoms with Crippen LogP contribution < -0.4 is 4.74 Å². The van der Waals surface area contributed by atoms with Gasteiger partial charge in [0, 0.05) is 30.3 Å². The van der Waals surface area contributed by atoms with E-state index in [1.54, 1.807) is 7.11 Å². The normalized spacial score (nSPS) is 19.5. The highest BCUT2D eigenvalue weighted by Crippen LogP contribution is 2.33. The molecule has 0 fully saturated rings. The maximum absolute atomic E-state index is 12.1. The lowest BCUT2D eigenvalue weighted by Crippen LogP contribution is -1.98. The zero-order valence-electron chi connectivity index (χ0n) is 11.1. The van der Waals surface area contributed by atoms with Gasteiger partial charge in [-0.2, -0.15) is 0 Å². The maximum atomic E-state index is 12.1. The van der Waals surface area contributed by atoms with Crippen molar-refractivity contribution >= 4 is 17.1 Å². The van der Waals surface area contributed by atoms with Gasteiger partial charge in [-0.3, -0.25) is 9.79 Å². The number of Topliss-reactive ketones (excluding diaryl/α,β-unsaturated/α-hetero) is 1. The van der Waals surface area contributed by atoms with Gasteiger partial charge in [0.25, 0.3) is 0 Å². The molecule has 1 aliphatic heterocycles. The first kappa shape index (κ1) is 11.9. The molecule has 1 heterocycles. The first-order chi connectivity index (χ1) is 9.17. The molecule has 0 N–H and O–H groups in total. The number of benzene rings is 1. The van der Waals surface area contributed by atoms with Crippen LogP contribution in [-0.2, 0) is 11.2 Å². The van der Waals surface area contributed by atoms with Gasteiger partial charge in [0.1, 0.15) is 5.75 Å². The molecular weight excluding hydrogens is 238 g/mol. The monoisotopic (exact) mass is 253 g/mol. The summed E-state index contributed by atoms with van der Waals surface area (Å²) in [6.45, 7) is 2.04. The van der Waals surface area contributed by atoms with Gasteiger partial charge in [-0.05, 0) is 41.8 Å². The molecule has 0 radical (unpaired) electrons. The van der Waals surface area contributed by atoms with Crippen LogP contribution in [0.5, 0.6) is 5.75 Å². The molecule has 0 spiro atoms. The number of hydrogen-bond donors (Lipinski definition) is 0. The summed E-state index contributed by atoms with van der Waals surface area (Å²) in [4.78, 5) is 16.4. The highest BCUT2D eigenvalue weighted by Gasteiger charge is 2.25. The third-order valence-electron chi connectivity index (χ3n) is 3.48. The van der Waals surface area contributed by atoms with Crippen molar-refractivity contribution in [3.63, 3.8) is 0 Å². The van der Waals surface area contributed by atoms with E-state index in [0.29, 0.717) is 6.42 Å². The van der Waals surface area contributed by atoms with Crippen LogP contribution in [0.15, 0.2) is 41.0 Å². The summed E-state index contributed by atoms with van der Waals surface area (Å²) in [7, 11) is 1.64. The molecule has 3 nitrogen and oxygen atoms in total. The molecule has 0 bridgehead atoms. The van der Waals surface area contributed by atoms with Crippen LogP contribution in [0, 0.1) is 0 Å². The molecule has 1 aromatic rings. The lowest BCUT2D eigenvalue weighted by molar-refractivity contribution is -0.112. The second-order valence-electron chi connectivity index (χ2n) is 4.95. The van der Waals surface area contributed by atoms with E-state index in [-0.39, 0.29) is 5.78 Å². The Labute approximate surface area is 112 Å². The van der Waals surface area contributed by atoms with Crippen molar-refractivity contribution in [2.24, 2.45) is 4.99 Å². The fourth-order valence-corrected chi connectivity index (χ4v) is 2.49. The summed E-state index contributed by atoms with van der Waals surface area (Å²) in [6.07, 6.45) is 5.08. The van der Waals surface area contributed by atoms with Crippen LogP contribution in [0.4, 0.5) is 0 Å². The number of ether oxygens (including phenoxy) is 1. The van der Waals surface area contributed by atoms with Gasteiger partial charge in [-0.15, -0.1) is 0 Å². The van der Waals surface area contributed by atoms with Crippen LogP contribution in [-0.4, -0.2) is 18.6 Å². The smallest absolute Gasteiger partial charge is 0.167 e. The topological polar surface area (TPSA) is 38.7 Å². The van der Waals surface area contributed by atoms with E-state index >= 15 is 0 Å². The maximum Gasteiger partial charge on any atom is 0.167 e. The molecule has 2 aliphatic rings. The minimum Gasteiger partial charge on any atom is -0.497 e. The fourth-order valence-electron chi connectivity index (χ4n) is 2.49. The Morgan fingerprint density at radius 2 is 2.16 bits per heavy atom. The van der Waals surface area contributed by atoms with Gasteiger partial charge in [-0.1, -0.05) is 6.07 Å². The average Bonchev–Trinajstić information content (AvgIpc) is 2.94. The molecule has 0 unspecified atom stereocenters. The number of fused-ring (bicyclic) bond motifs is 1. The number of rotatable bonds is 2. The van der Waals surface area contributed by atoms with Gasteiger partial charge in [0.15, 0.2) is 5.78 Å². The van der Waals surface area contributed by atoms with Gasteiger partial charge < -0.3 is 4.74 Å². The Morgan fingerprint density at radius 1 is 1.32 bits per heavy atom. The van der Waals surface area contributed by atoms with E-state index in [9.17, 15) is 4.79 Å². The molecule has 1 aliphatic carbocycles. The fraction of sp³-hybridized carbons (Fsp3) is 0.250. The zero-order chi connectivity index (χ0) is 13.4. The molecule has 0 saturated carbocycles. The quantitative estimate of drug-likeness (QED) is 0.760. The largest absolute Gasteiger partial charge is 0.497 e. The Morgan fingerprint density at radius 3 is 2.84 bits per heavy atom. The first-order valence-corrected chi connectivity index (χ1v) is 6.32. The number of carbonyl (C=O) groups is 1. The van der Waals surface area contributed by atoms with Crippen LogP contribution in [0.1, 0.15) is 24.5 Å². The van der Waals surface area contributed by atoms with Crippen LogP contribution >= 0.6 is 0 Å². The predicted octanol–water partition coefficient (Wildman–Crippen LogP) is 2.95. The number of allylic oxidation sites excluding steroid dienone is 3. The minimum absolute atomic E-state index is 0.163. The molecule has 96 valence electrons. The molecular formula is C16H15NO2. The van der Waals surface area contributed by atoms with Gasteiger partial charge >= 0.3 is 0 Å². The highest BCUT2D eigenvalue weighted by atomic mass is 16.5. The van der Waals surface area contributed by atoms with Crippen molar-refractivity contribution in [2.75, 3.05) is 7.11 Å². The number of methoxy groups -OCH3 is 1. The van der Waals surface area contributed by atoms with Crippen LogP contribution in [0.3, 0.4) is 0 Å². The molecule has 3 heteroatoms. The summed E-state index contributed by atoms with van der Waals surface area (Å²) < 4.78 is 5.23. The summed E-state index contributed by atoms with van der Waals surface area (Å²) >= 11 is 0. The van der Waals surface area contributed by atoms with Crippen molar-refractivity contribution in [1.29, 1.82) is 0 Å². The number of ketones is 1. The molecule has 1 aromatic carbocycles. The van der Waals surface area contributed by atoms with E-state index < -0.39 is 0 Å². The van der Waals surface area contributed by atoms with Crippen molar-refractivity contribution in [3.05, 3.63) is 47.2 Å². The third kappa shape index (κ3) is 2.12. The van der Waals surface area contributed by atoms with Crippen molar-refractivity contribution in [3.8, 4) is 5.75 Å². The highest BCUT2D eigenvalue weighted by molar-refractivity contribution is 6.29. The van der Waals surface area contributed by atoms with E-state index in [0.717, 1.165) is 34.6 Å². The first-order valence-electron chi connectivity index (χ1n) is 6.32. The minimum atomic E-state index is 0.163. The van der Waals surface area contributed by atoms with Crippen molar-refractivity contribution < 1.29 is 9.53 Å². The SMILES string of the molecule is COc1ccc2c(c1)/C(=C/C1=NC=C(C)C1)C(=O)C2. The number of nitrogens with zero attached hydrogens (tertiary/aromatic N) is 1. The van der Waals surface area contributed by atoms with E-state index in [2.05, 4.69) is 4.99 Å². The average molecular weight is 253 g/mol. The van der Waals surface area contributed by atoms with E-state index in [1.807, 2.05) is 37.4 Å². The molecule has 3 rings (SSSR count). The van der Waals surface area contributed by atoms with Crippen molar-refractivity contribution in [2.45, 2.75) is 19.8 Å².